The highest BCUT2D eigenvalue weighted by atomic mass is 79.9. The molecule has 1 rings (SSSR count). The molecule has 0 unspecified atom stereocenters. The predicted molar refractivity (Wildman–Crippen MR) is 72.0 cm³/mol. The van der Waals surface area contributed by atoms with Gasteiger partial charge in [-0.25, -0.2) is 0 Å². The average molecular weight is 283 g/mol. The van der Waals surface area contributed by atoms with Gasteiger partial charge < -0.3 is 0 Å². The van der Waals surface area contributed by atoms with Crippen molar-refractivity contribution in [3.05, 3.63) is 33.3 Å². The van der Waals surface area contributed by atoms with Crippen LogP contribution in [-0.4, -0.2) is 5.78 Å². The molecule has 0 saturated heterocycles. The average Bonchev–Trinajstić information content (AvgIpc) is 2.26. The second-order valence-electron chi connectivity index (χ2n) is 4.30. The molecule has 2 heteroatoms. The molecule has 0 aromatic heterocycles. The van der Waals surface area contributed by atoms with Crippen molar-refractivity contribution >= 4 is 21.7 Å². The zero-order valence-corrected chi connectivity index (χ0v) is 12.0. The number of Topliss-reactive ketones (excluding diaryl/α,β-unsaturated/α-hetero) is 1. The van der Waals surface area contributed by atoms with E-state index in [1.54, 1.807) is 0 Å². The van der Waals surface area contributed by atoms with Crippen LogP contribution in [0.2, 0.25) is 0 Å². The molecule has 0 fully saturated rings. The number of aryl methyl sites for hydroxylation is 2. The van der Waals surface area contributed by atoms with Gasteiger partial charge in [-0.3, -0.25) is 4.79 Å². The quantitative estimate of drug-likeness (QED) is 0.733. The number of rotatable bonds is 4. The van der Waals surface area contributed by atoms with Crippen LogP contribution >= 0.6 is 15.9 Å². The second-order valence-corrected chi connectivity index (χ2v) is 5.09. The van der Waals surface area contributed by atoms with Crippen LogP contribution < -0.4 is 0 Å². The van der Waals surface area contributed by atoms with Crippen molar-refractivity contribution < 1.29 is 4.79 Å². The summed E-state index contributed by atoms with van der Waals surface area (Å²) in [5.74, 6) is 0.448. The number of halogens is 1. The molecule has 0 N–H and O–H groups in total. The van der Waals surface area contributed by atoms with E-state index in [0.717, 1.165) is 34.0 Å². The van der Waals surface area contributed by atoms with Gasteiger partial charge in [0.2, 0.25) is 0 Å². The molecule has 0 bridgehead atoms. The van der Waals surface area contributed by atoms with Crippen LogP contribution in [0.5, 0.6) is 0 Å². The van der Waals surface area contributed by atoms with Crippen molar-refractivity contribution in [2.24, 2.45) is 5.92 Å². The van der Waals surface area contributed by atoms with Gasteiger partial charge in [0.15, 0.2) is 5.78 Å². The van der Waals surface area contributed by atoms with Crippen LogP contribution in [0.15, 0.2) is 16.6 Å². The van der Waals surface area contributed by atoms with Crippen LogP contribution in [0, 0.1) is 19.8 Å². The zero-order chi connectivity index (χ0) is 12.3. The molecule has 0 spiro atoms. The van der Waals surface area contributed by atoms with E-state index in [4.69, 9.17) is 0 Å². The Kier molecular flexibility index (Phi) is 4.72. The molecule has 0 amide bonds. The third-order valence-electron chi connectivity index (χ3n) is 3.08. The summed E-state index contributed by atoms with van der Waals surface area (Å²) in [5.41, 5.74) is 3.12. The molecule has 0 atom stereocenters. The van der Waals surface area contributed by atoms with E-state index in [0.29, 0.717) is 0 Å². The van der Waals surface area contributed by atoms with E-state index in [1.165, 1.54) is 0 Å². The lowest BCUT2D eigenvalue weighted by Crippen LogP contribution is -2.13. The molecular weight excluding hydrogens is 264 g/mol. The molecule has 0 radical (unpaired) electrons. The van der Waals surface area contributed by atoms with Crippen molar-refractivity contribution in [3.8, 4) is 0 Å². The number of carbonyl (C=O) groups is 1. The maximum Gasteiger partial charge on any atom is 0.165 e. The van der Waals surface area contributed by atoms with Gasteiger partial charge >= 0.3 is 0 Å². The lowest BCUT2D eigenvalue weighted by molar-refractivity contribution is 0.0913. The van der Waals surface area contributed by atoms with Gasteiger partial charge in [-0.15, -0.1) is 0 Å². The maximum absolute atomic E-state index is 12.2. The molecule has 88 valence electrons. The Labute approximate surface area is 106 Å². The minimum absolute atomic E-state index is 0.167. The van der Waals surface area contributed by atoms with Crippen LogP contribution in [0.25, 0.3) is 0 Å². The highest BCUT2D eigenvalue weighted by Gasteiger charge is 2.17. The first-order valence-electron chi connectivity index (χ1n) is 5.82. The van der Waals surface area contributed by atoms with E-state index in [9.17, 15) is 4.79 Å². The molecule has 1 aromatic carbocycles. The molecule has 0 aliphatic heterocycles. The van der Waals surface area contributed by atoms with Crippen molar-refractivity contribution in [2.75, 3.05) is 0 Å². The summed E-state index contributed by atoms with van der Waals surface area (Å²) in [6.07, 6.45) is 1.84. The Morgan fingerprint density at radius 1 is 1.19 bits per heavy atom. The number of hydrogen-bond donors (Lipinski definition) is 0. The number of carbonyl (C=O) groups excluding carboxylic acids is 1. The molecule has 0 aliphatic rings. The SMILES string of the molecule is CCC(CC)C(=O)c1cc(C)c(Br)c(C)c1. The molecular formula is C14H19BrO. The van der Waals surface area contributed by atoms with E-state index >= 15 is 0 Å². The predicted octanol–water partition coefficient (Wildman–Crippen LogP) is 4.68. The van der Waals surface area contributed by atoms with E-state index < -0.39 is 0 Å². The second kappa shape index (κ2) is 5.62. The van der Waals surface area contributed by atoms with Gasteiger partial charge in [0.1, 0.15) is 0 Å². The summed E-state index contributed by atoms with van der Waals surface area (Å²) in [6, 6.07) is 3.97. The van der Waals surface area contributed by atoms with Gasteiger partial charge in [0, 0.05) is 16.0 Å². The summed E-state index contributed by atoms with van der Waals surface area (Å²) >= 11 is 3.52. The fourth-order valence-electron chi connectivity index (χ4n) is 1.98. The molecule has 0 heterocycles. The van der Waals surface area contributed by atoms with Crippen molar-refractivity contribution in [1.29, 1.82) is 0 Å². The highest BCUT2D eigenvalue weighted by Crippen LogP contribution is 2.25. The minimum Gasteiger partial charge on any atom is -0.294 e. The molecule has 0 aliphatic carbocycles. The lowest BCUT2D eigenvalue weighted by atomic mass is 9.91. The van der Waals surface area contributed by atoms with E-state index in [2.05, 4.69) is 29.8 Å². The van der Waals surface area contributed by atoms with Gasteiger partial charge in [0.05, 0.1) is 0 Å². The van der Waals surface area contributed by atoms with Crippen LogP contribution in [0.3, 0.4) is 0 Å². The van der Waals surface area contributed by atoms with Crippen LogP contribution in [0.4, 0.5) is 0 Å². The summed E-state index contributed by atoms with van der Waals surface area (Å²) in [4.78, 5) is 12.2. The van der Waals surface area contributed by atoms with Crippen molar-refractivity contribution in [1.82, 2.24) is 0 Å². The Bertz CT molecular complexity index is 369. The summed E-state index contributed by atoms with van der Waals surface area (Å²) in [6.45, 7) is 8.21. The third kappa shape index (κ3) is 2.73. The first-order valence-corrected chi connectivity index (χ1v) is 6.61. The Morgan fingerprint density at radius 2 is 1.62 bits per heavy atom. The van der Waals surface area contributed by atoms with Gasteiger partial charge in [-0.1, -0.05) is 29.8 Å². The Balaban J connectivity index is 3.10. The monoisotopic (exact) mass is 282 g/mol. The minimum atomic E-state index is 0.167. The largest absolute Gasteiger partial charge is 0.294 e. The number of benzene rings is 1. The fraction of sp³-hybridized carbons (Fsp3) is 0.500. The van der Waals surface area contributed by atoms with Crippen molar-refractivity contribution in [3.63, 3.8) is 0 Å². The molecule has 1 nitrogen and oxygen atoms in total. The Morgan fingerprint density at radius 3 is 2.00 bits per heavy atom. The topological polar surface area (TPSA) is 17.1 Å². The first kappa shape index (κ1) is 13.4. The number of ketones is 1. The van der Waals surface area contributed by atoms with Gasteiger partial charge in [-0.05, 0) is 49.9 Å². The standard InChI is InChI=1S/C14H19BrO/c1-5-11(6-2)14(16)12-7-9(3)13(15)10(4)8-12/h7-8,11H,5-6H2,1-4H3. The highest BCUT2D eigenvalue weighted by molar-refractivity contribution is 9.10. The maximum atomic E-state index is 12.2. The third-order valence-corrected chi connectivity index (χ3v) is 4.33. The zero-order valence-electron chi connectivity index (χ0n) is 10.4. The van der Waals surface area contributed by atoms with Crippen molar-refractivity contribution in [2.45, 2.75) is 40.5 Å². The molecule has 1 aromatic rings. The Hall–Kier alpha value is -0.630. The summed E-state index contributed by atoms with van der Waals surface area (Å²) in [5, 5.41) is 0. The normalized spacial score (nSPS) is 10.9. The molecule has 0 saturated carbocycles. The summed E-state index contributed by atoms with van der Waals surface area (Å²) < 4.78 is 1.11. The van der Waals surface area contributed by atoms with Crippen LogP contribution in [-0.2, 0) is 0 Å². The van der Waals surface area contributed by atoms with Gasteiger partial charge in [0.25, 0.3) is 0 Å². The van der Waals surface area contributed by atoms with E-state index in [1.807, 2.05) is 26.0 Å². The fourth-order valence-corrected chi connectivity index (χ4v) is 2.21. The van der Waals surface area contributed by atoms with Crippen LogP contribution in [0.1, 0.15) is 48.2 Å². The smallest absolute Gasteiger partial charge is 0.165 e. The lowest BCUT2D eigenvalue weighted by Gasteiger charge is -2.13. The van der Waals surface area contributed by atoms with E-state index in [-0.39, 0.29) is 11.7 Å². The summed E-state index contributed by atoms with van der Waals surface area (Å²) in [7, 11) is 0. The molecule has 16 heavy (non-hydrogen) atoms. The van der Waals surface area contributed by atoms with Gasteiger partial charge in [-0.2, -0.15) is 0 Å². The first-order chi connectivity index (χ1) is 7.51. The number of hydrogen-bond acceptors (Lipinski definition) is 1.